The second-order valence-corrected chi connectivity index (χ2v) is 8.99. The molecule has 0 heterocycles. The maximum atomic E-state index is 14.1. The van der Waals surface area contributed by atoms with E-state index in [1.54, 1.807) is 18.2 Å². The van der Waals surface area contributed by atoms with Gasteiger partial charge in [-0.15, -0.1) is 0 Å². The number of para-hydroxylation sites is 1. The molecular formula is C25H35FN6O2. The Morgan fingerprint density at radius 1 is 1.15 bits per heavy atom. The number of halogens is 1. The third-order valence-corrected chi connectivity index (χ3v) is 5.78. The summed E-state index contributed by atoms with van der Waals surface area (Å²) in [6.45, 7) is 5.23. The molecule has 0 spiro atoms. The molecule has 6 N–H and O–H groups in total. The first-order chi connectivity index (χ1) is 16.4. The number of rotatable bonds is 9. The average Bonchev–Trinajstić information content (AvgIpc) is 2.83. The number of anilines is 3. The van der Waals surface area contributed by atoms with Crippen LogP contribution < -0.4 is 31.8 Å². The molecule has 0 saturated heterocycles. The zero-order valence-corrected chi connectivity index (χ0v) is 19.9. The van der Waals surface area contributed by atoms with E-state index in [9.17, 15) is 9.18 Å². The van der Waals surface area contributed by atoms with E-state index in [4.69, 9.17) is 16.3 Å². The number of urea groups is 1. The molecule has 2 aromatic carbocycles. The lowest BCUT2D eigenvalue weighted by atomic mass is 9.93. The Kier molecular flexibility index (Phi) is 8.95. The van der Waals surface area contributed by atoms with Crippen LogP contribution in [0.5, 0.6) is 5.75 Å². The molecule has 2 aromatic rings. The molecule has 0 aliphatic heterocycles. The Morgan fingerprint density at radius 3 is 2.53 bits per heavy atom. The van der Waals surface area contributed by atoms with E-state index >= 15 is 0 Å². The summed E-state index contributed by atoms with van der Waals surface area (Å²) in [5.74, 6) is 5.77. The van der Waals surface area contributed by atoms with Crippen LogP contribution in [0.2, 0.25) is 0 Å². The Morgan fingerprint density at radius 2 is 1.85 bits per heavy atom. The minimum Gasteiger partial charge on any atom is -0.486 e. The number of ether oxygens (including phenoxy) is 1. The molecule has 8 nitrogen and oxygen atoms in total. The molecule has 2 amide bonds. The largest absolute Gasteiger partial charge is 0.486 e. The van der Waals surface area contributed by atoms with Crippen molar-refractivity contribution in [3.63, 3.8) is 0 Å². The first kappa shape index (κ1) is 25.1. The van der Waals surface area contributed by atoms with E-state index in [-0.39, 0.29) is 18.1 Å². The van der Waals surface area contributed by atoms with Crippen LogP contribution in [0.15, 0.2) is 47.6 Å². The molecule has 0 bridgehead atoms. The van der Waals surface area contributed by atoms with Gasteiger partial charge in [0.25, 0.3) is 0 Å². The van der Waals surface area contributed by atoms with Crippen LogP contribution >= 0.6 is 0 Å². The lowest BCUT2D eigenvalue weighted by Gasteiger charge is -2.38. The van der Waals surface area contributed by atoms with Crippen LogP contribution in [0.3, 0.4) is 0 Å². The van der Waals surface area contributed by atoms with Crippen molar-refractivity contribution >= 4 is 28.9 Å². The predicted molar refractivity (Wildman–Crippen MR) is 136 cm³/mol. The van der Waals surface area contributed by atoms with Crippen LogP contribution in [0, 0.1) is 11.7 Å². The maximum Gasteiger partial charge on any atom is 0.323 e. The van der Waals surface area contributed by atoms with Gasteiger partial charge in [0.1, 0.15) is 18.2 Å². The fraction of sp³-hybridized carbons (Fsp3) is 0.440. The number of hydrogen-bond acceptors (Lipinski definition) is 5. The van der Waals surface area contributed by atoms with Gasteiger partial charge in [0.15, 0.2) is 5.84 Å². The van der Waals surface area contributed by atoms with E-state index in [1.807, 2.05) is 12.1 Å². The molecule has 184 valence electrons. The van der Waals surface area contributed by atoms with Crippen LogP contribution in [-0.4, -0.2) is 31.1 Å². The smallest absolute Gasteiger partial charge is 0.323 e. The zero-order chi connectivity index (χ0) is 24.5. The monoisotopic (exact) mass is 470 g/mol. The number of hydrogen-bond donors (Lipinski definition) is 4. The number of nitrogens with two attached hydrogens (primary N) is 2. The number of amides is 2. The molecule has 0 aromatic heterocycles. The van der Waals surface area contributed by atoms with Crippen LogP contribution in [0.1, 0.15) is 46.0 Å². The van der Waals surface area contributed by atoms with Crippen molar-refractivity contribution in [2.45, 2.75) is 52.0 Å². The molecule has 0 unspecified atom stereocenters. The fourth-order valence-corrected chi connectivity index (χ4v) is 4.22. The fourth-order valence-electron chi connectivity index (χ4n) is 4.22. The number of carbonyl (C=O) groups excluding carboxylic acids is 1. The number of nitrogens with zero attached hydrogens (tertiary/aromatic N) is 2. The topological polar surface area (TPSA) is 118 Å². The zero-order valence-electron chi connectivity index (χ0n) is 19.9. The second kappa shape index (κ2) is 12.1. The van der Waals surface area contributed by atoms with Gasteiger partial charge in [0.2, 0.25) is 0 Å². The Labute approximate surface area is 200 Å². The molecule has 9 heteroatoms. The minimum atomic E-state index is -0.542. The summed E-state index contributed by atoms with van der Waals surface area (Å²) >= 11 is 0. The van der Waals surface area contributed by atoms with Gasteiger partial charge in [-0.1, -0.05) is 45.2 Å². The highest BCUT2D eigenvalue weighted by atomic mass is 19.1. The third kappa shape index (κ3) is 7.00. The van der Waals surface area contributed by atoms with Crippen molar-refractivity contribution < 1.29 is 13.9 Å². The second-order valence-electron chi connectivity index (χ2n) is 8.99. The van der Waals surface area contributed by atoms with Gasteiger partial charge in [0.05, 0.1) is 17.1 Å². The summed E-state index contributed by atoms with van der Waals surface area (Å²) in [6, 6.07) is 11.4. The van der Waals surface area contributed by atoms with E-state index in [2.05, 4.69) is 34.5 Å². The number of amidine groups is 1. The third-order valence-electron chi connectivity index (χ3n) is 5.78. The molecule has 3 rings (SSSR count). The van der Waals surface area contributed by atoms with Crippen molar-refractivity contribution in [3.8, 4) is 5.75 Å². The van der Waals surface area contributed by atoms with Gasteiger partial charge in [0, 0.05) is 18.7 Å². The van der Waals surface area contributed by atoms with Crippen LogP contribution in [0.25, 0.3) is 0 Å². The maximum absolute atomic E-state index is 14.1. The summed E-state index contributed by atoms with van der Waals surface area (Å²) in [4.78, 5) is 15.2. The van der Waals surface area contributed by atoms with E-state index in [0.29, 0.717) is 23.4 Å². The molecule has 34 heavy (non-hydrogen) atoms. The summed E-state index contributed by atoms with van der Waals surface area (Å²) in [5, 5.41) is 8.90. The van der Waals surface area contributed by atoms with Gasteiger partial charge < -0.3 is 31.8 Å². The van der Waals surface area contributed by atoms with Gasteiger partial charge in [-0.05, 0) is 43.0 Å². The van der Waals surface area contributed by atoms with Crippen molar-refractivity contribution in [1.29, 1.82) is 0 Å². The normalized spacial score (nSPS) is 14.6. The van der Waals surface area contributed by atoms with Crippen LogP contribution in [0.4, 0.5) is 26.2 Å². The number of hydrazone groups is 1. The lowest BCUT2D eigenvalue weighted by Crippen LogP contribution is -2.40. The van der Waals surface area contributed by atoms with Crippen molar-refractivity contribution in [2.75, 3.05) is 28.7 Å². The quantitative estimate of drug-likeness (QED) is 0.180. The predicted octanol–water partition coefficient (Wildman–Crippen LogP) is 4.87. The molecule has 1 aliphatic carbocycles. The molecule has 0 atom stereocenters. The highest BCUT2D eigenvalue weighted by molar-refractivity contribution is 6.02. The van der Waals surface area contributed by atoms with Gasteiger partial charge >= 0.3 is 6.03 Å². The summed E-state index contributed by atoms with van der Waals surface area (Å²) in [6.07, 6.45) is 5.84. The molecule has 1 aliphatic rings. The number of carbonyl (C=O) groups is 1. The molecule has 1 fully saturated rings. The van der Waals surface area contributed by atoms with E-state index < -0.39 is 11.8 Å². The Balaban J connectivity index is 1.91. The molecule has 1 saturated carbocycles. The molecule has 0 radical (unpaired) electrons. The lowest BCUT2D eigenvalue weighted by molar-refractivity contribution is 0.262. The van der Waals surface area contributed by atoms with Crippen LogP contribution in [-0.2, 0) is 0 Å². The summed E-state index contributed by atoms with van der Waals surface area (Å²) in [7, 11) is 0. The van der Waals surface area contributed by atoms with E-state index in [1.165, 1.54) is 31.4 Å². The SMILES string of the molecule is CC(C)CN(c1ccc(OC/C(N)=N/N)cc1NC(=O)Nc1ccccc1F)C1CCCCC1. The first-order valence-electron chi connectivity index (χ1n) is 11.8. The summed E-state index contributed by atoms with van der Waals surface area (Å²) in [5.41, 5.74) is 7.22. The highest BCUT2D eigenvalue weighted by Gasteiger charge is 2.25. The Hall–Kier alpha value is -3.49. The summed E-state index contributed by atoms with van der Waals surface area (Å²) < 4.78 is 19.7. The van der Waals surface area contributed by atoms with Gasteiger partial charge in [-0.25, -0.2) is 9.18 Å². The molecular weight excluding hydrogens is 435 g/mol. The number of nitrogens with one attached hydrogen (secondary N) is 2. The number of benzene rings is 2. The minimum absolute atomic E-state index is 0.0229. The standard InChI is InChI=1S/C25H35FN6O2/c1-17(2)15-32(18-8-4-3-5-9-18)23-13-12-19(34-16-24(27)31-28)14-22(23)30-25(33)29-21-11-7-6-10-20(21)26/h6-7,10-14,17-18H,3-5,8-9,15-16,28H2,1-2H3,(H2,27,31)(H2,29,30,33). The van der Waals surface area contributed by atoms with Gasteiger partial charge in [-0.3, -0.25) is 0 Å². The van der Waals surface area contributed by atoms with Crippen molar-refractivity contribution in [2.24, 2.45) is 22.6 Å². The van der Waals surface area contributed by atoms with Crippen molar-refractivity contribution in [1.82, 2.24) is 0 Å². The average molecular weight is 471 g/mol. The van der Waals surface area contributed by atoms with Gasteiger partial charge in [-0.2, -0.15) is 5.10 Å². The first-order valence-corrected chi connectivity index (χ1v) is 11.8. The van der Waals surface area contributed by atoms with E-state index in [0.717, 1.165) is 25.1 Å². The van der Waals surface area contributed by atoms with Crippen molar-refractivity contribution in [3.05, 3.63) is 48.3 Å². The highest BCUT2D eigenvalue weighted by Crippen LogP contribution is 2.36. The Bertz CT molecular complexity index is 991.